The summed E-state index contributed by atoms with van der Waals surface area (Å²) in [6.45, 7) is 1.30. The van der Waals surface area contributed by atoms with Crippen LogP contribution in [-0.2, 0) is 10.0 Å². The van der Waals surface area contributed by atoms with Gasteiger partial charge in [-0.05, 0) is 44.4 Å². The van der Waals surface area contributed by atoms with E-state index in [1.807, 2.05) is 37.2 Å². The molecule has 0 aliphatic rings. The van der Waals surface area contributed by atoms with Crippen LogP contribution in [0.2, 0.25) is 0 Å². The maximum atomic E-state index is 13.4. The lowest BCUT2D eigenvalue weighted by Gasteiger charge is -2.12. The van der Waals surface area contributed by atoms with Gasteiger partial charge in [0.05, 0.1) is 11.0 Å². The number of para-hydroxylation sites is 1. The first-order valence-electron chi connectivity index (χ1n) is 8.95. The third-order valence-corrected chi connectivity index (χ3v) is 6.31. The smallest absolute Gasteiger partial charge is 0.270 e. The molecular formula is C21H21N3O3S. The van der Waals surface area contributed by atoms with Crippen LogP contribution in [0.4, 0.5) is 0 Å². The van der Waals surface area contributed by atoms with E-state index in [1.165, 1.54) is 3.97 Å². The van der Waals surface area contributed by atoms with Crippen LogP contribution in [0.3, 0.4) is 0 Å². The highest BCUT2D eigenvalue weighted by atomic mass is 32.2. The van der Waals surface area contributed by atoms with Crippen molar-refractivity contribution in [3.63, 3.8) is 0 Å². The Hall–Kier alpha value is -2.90. The number of aromatic nitrogens is 2. The summed E-state index contributed by atoms with van der Waals surface area (Å²) >= 11 is 0. The Bertz CT molecular complexity index is 1240. The van der Waals surface area contributed by atoms with Gasteiger partial charge in [0, 0.05) is 29.7 Å². The standard InChI is InChI=1S/C21H21N3O3S/c1-23(2)14-15-27-19-9-4-8-18-17(19)11-13-24(18)28(25,26)20-10-3-6-16-7-5-12-22-21(16)20/h3-13H,14-15H2,1-2H3. The quantitative estimate of drug-likeness (QED) is 0.501. The van der Waals surface area contributed by atoms with E-state index in [9.17, 15) is 8.42 Å². The monoisotopic (exact) mass is 395 g/mol. The summed E-state index contributed by atoms with van der Waals surface area (Å²) in [6.07, 6.45) is 3.17. The molecule has 0 aliphatic carbocycles. The Balaban J connectivity index is 1.80. The molecule has 0 radical (unpaired) electrons. The Morgan fingerprint density at radius 1 is 1.04 bits per heavy atom. The number of fused-ring (bicyclic) bond motifs is 2. The predicted molar refractivity (Wildman–Crippen MR) is 110 cm³/mol. The number of rotatable bonds is 6. The van der Waals surface area contributed by atoms with Crippen molar-refractivity contribution in [2.45, 2.75) is 4.90 Å². The molecule has 2 aromatic heterocycles. The molecule has 4 aromatic rings. The lowest BCUT2D eigenvalue weighted by atomic mass is 10.2. The second-order valence-corrected chi connectivity index (χ2v) is 8.57. The summed E-state index contributed by atoms with van der Waals surface area (Å²) in [7, 11) is 0.146. The molecule has 0 saturated heterocycles. The van der Waals surface area contributed by atoms with Crippen molar-refractivity contribution < 1.29 is 13.2 Å². The van der Waals surface area contributed by atoms with Gasteiger partial charge in [0.15, 0.2) is 0 Å². The molecule has 6 nitrogen and oxygen atoms in total. The third kappa shape index (κ3) is 3.23. The van der Waals surface area contributed by atoms with E-state index < -0.39 is 10.0 Å². The number of hydrogen-bond acceptors (Lipinski definition) is 5. The van der Waals surface area contributed by atoms with Gasteiger partial charge in [0.25, 0.3) is 10.0 Å². The van der Waals surface area contributed by atoms with Gasteiger partial charge in [-0.3, -0.25) is 4.98 Å². The molecule has 0 aliphatic heterocycles. The van der Waals surface area contributed by atoms with E-state index in [0.29, 0.717) is 23.4 Å². The number of ether oxygens (including phenoxy) is 1. The fourth-order valence-corrected chi connectivity index (χ4v) is 4.70. The van der Waals surface area contributed by atoms with E-state index in [-0.39, 0.29) is 4.90 Å². The second-order valence-electron chi connectivity index (χ2n) is 6.79. The highest BCUT2D eigenvalue weighted by Crippen LogP contribution is 2.31. The maximum Gasteiger partial charge on any atom is 0.270 e. The fraction of sp³-hybridized carbons (Fsp3) is 0.190. The van der Waals surface area contributed by atoms with Crippen LogP contribution < -0.4 is 4.74 Å². The van der Waals surface area contributed by atoms with Gasteiger partial charge < -0.3 is 9.64 Å². The molecule has 2 heterocycles. The second kappa shape index (κ2) is 7.26. The van der Waals surface area contributed by atoms with Crippen LogP contribution in [-0.4, -0.2) is 49.5 Å². The van der Waals surface area contributed by atoms with Gasteiger partial charge in [-0.2, -0.15) is 0 Å². The van der Waals surface area contributed by atoms with Gasteiger partial charge >= 0.3 is 0 Å². The molecule has 0 spiro atoms. The first-order valence-corrected chi connectivity index (χ1v) is 10.4. The van der Waals surface area contributed by atoms with Crippen LogP contribution in [0, 0.1) is 0 Å². The molecule has 0 amide bonds. The van der Waals surface area contributed by atoms with Crippen molar-refractivity contribution in [3.8, 4) is 5.75 Å². The molecule has 4 rings (SSSR count). The lowest BCUT2D eigenvalue weighted by Crippen LogP contribution is -2.19. The van der Waals surface area contributed by atoms with Crippen molar-refractivity contribution >= 4 is 31.8 Å². The van der Waals surface area contributed by atoms with E-state index in [2.05, 4.69) is 4.98 Å². The van der Waals surface area contributed by atoms with Gasteiger partial charge in [0.2, 0.25) is 0 Å². The minimum atomic E-state index is -3.81. The largest absolute Gasteiger partial charge is 0.492 e. The Morgan fingerprint density at radius 3 is 2.64 bits per heavy atom. The molecule has 0 unspecified atom stereocenters. The lowest BCUT2D eigenvalue weighted by molar-refractivity contribution is 0.263. The number of benzene rings is 2. The molecule has 0 atom stereocenters. The normalized spacial score (nSPS) is 12.1. The number of pyridine rings is 1. The zero-order valence-electron chi connectivity index (χ0n) is 15.7. The fourth-order valence-electron chi connectivity index (χ4n) is 3.18. The molecule has 28 heavy (non-hydrogen) atoms. The minimum absolute atomic E-state index is 0.182. The van der Waals surface area contributed by atoms with Gasteiger partial charge in [-0.25, -0.2) is 12.4 Å². The first-order chi connectivity index (χ1) is 13.5. The average molecular weight is 395 g/mol. The number of hydrogen-bond donors (Lipinski definition) is 0. The Labute approximate surface area is 164 Å². The summed E-state index contributed by atoms with van der Waals surface area (Å²) < 4.78 is 34.0. The SMILES string of the molecule is CN(C)CCOc1cccc2c1ccn2S(=O)(=O)c1cccc2cccnc12. The van der Waals surface area contributed by atoms with E-state index in [1.54, 1.807) is 48.8 Å². The van der Waals surface area contributed by atoms with Crippen LogP contribution >= 0.6 is 0 Å². The Kier molecular flexibility index (Phi) is 4.78. The highest BCUT2D eigenvalue weighted by Gasteiger charge is 2.22. The van der Waals surface area contributed by atoms with E-state index in [0.717, 1.165) is 17.3 Å². The van der Waals surface area contributed by atoms with Crippen molar-refractivity contribution in [2.24, 2.45) is 0 Å². The summed E-state index contributed by atoms with van der Waals surface area (Å²) in [5.74, 6) is 0.671. The molecule has 144 valence electrons. The topological polar surface area (TPSA) is 64.4 Å². The van der Waals surface area contributed by atoms with E-state index in [4.69, 9.17) is 4.74 Å². The first kappa shape index (κ1) is 18.5. The predicted octanol–water partition coefficient (Wildman–Crippen LogP) is 3.37. The summed E-state index contributed by atoms with van der Waals surface area (Å²) in [5.41, 5.74) is 1.04. The maximum absolute atomic E-state index is 13.4. The number of likely N-dealkylation sites (N-methyl/N-ethyl adjacent to an activating group) is 1. The van der Waals surface area contributed by atoms with Crippen molar-refractivity contribution in [1.29, 1.82) is 0 Å². The van der Waals surface area contributed by atoms with Crippen LogP contribution in [0.1, 0.15) is 0 Å². The highest BCUT2D eigenvalue weighted by molar-refractivity contribution is 7.90. The summed E-state index contributed by atoms with van der Waals surface area (Å²) in [6, 6.07) is 16.0. The molecule has 0 bridgehead atoms. The van der Waals surface area contributed by atoms with Crippen LogP contribution in [0.25, 0.3) is 21.8 Å². The van der Waals surface area contributed by atoms with Crippen LogP contribution in [0.15, 0.2) is 71.9 Å². The summed E-state index contributed by atoms with van der Waals surface area (Å²) in [5, 5.41) is 1.55. The molecule has 0 saturated carbocycles. The minimum Gasteiger partial charge on any atom is -0.492 e. The van der Waals surface area contributed by atoms with Gasteiger partial charge in [-0.15, -0.1) is 0 Å². The van der Waals surface area contributed by atoms with Crippen molar-refractivity contribution in [3.05, 3.63) is 67.0 Å². The molecule has 0 N–H and O–H groups in total. The van der Waals surface area contributed by atoms with Gasteiger partial charge in [-0.1, -0.05) is 24.3 Å². The summed E-state index contributed by atoms with van der Waals surface area (Å²) in [4.78, 5) is 6.50. The molecular weight excluding hydrogens is 374 g/mol. The van der Waals surface area contributed by atoms with E-state index >= 15 is 0 Å². The zero-order chi connectivity index (χ0) is 19.7. The third-order valence-electron chi connectivity index (χ3n) is 4.59. The molecule has 2 aromatic carbocycles. The van der Waals surface area contributed by atoms with Crippen molar-refractivity contribution in [2.75, 3.05) is 27.2 Å². The number of nitrogens with zero attached hydrogens (tertiary/aromatic N) is 3. The Morgan fingerprint density at radius 2 is 1.82 bits per heavy atom. The molecule has 0 fully saturated rings. The van der Waals surface area contributed by atoms with Gasteiger partial charge in [0.1, 0.15) is 17.3 Å². The van der Waals surface area contributed by atoms with Crippen molar-refractivity contribution in [1.82, 2.24) is 13.9 Å². The average Bonchev–Trinajstić information content (AvgIpc) is 3.13. The molecule has 7 heteroatoms. The zero-order valence-corrected chi connectivity index (χ0v) is 16.6. The van der Waals surface area contributed by atoms with Crippen LogP contribution in [0.5, 0.6) is 5.75 Å².